The molecule has 1 amide bonds. The Morgan fingerprint density at radius 2 is 2.30 bits per heavy atom. The quantitative estimate of drug-likeness (QED) is 0.891. The lowest BCUT2D eigenvalue weighted by Crippen LogP contribution is -2.32. The molecule has 2 aromatic heterocycles. The van der Waals surface area contributed by atoms with Crippen molar-refractivity contribution in [1.29, 1.82) is 0 Å². The van der Waals surface area contributed by atoms with Crippen LogP contribution in [0.2, 0.25) is 0 Å². The predicted octanol–water partition coefficient (Wildman–Crippen LogP) is 1.28. The highest BCUT2D eigenvalue weighted by molar-refractivity contribution is 5.75. The Labute approximate surface area is 116 Å². The van der Waals surface area contributed by atoms with Gasteiger partial charge in [0.25, 0.3) is 5.56 Å². The van der Waals surface area contributed by atoms with Crippen LogP contribution < -0.4 is 10.9 Å². The van der Waals surface area contributed by atoms with Gasteiger partial charge in [0.1, 0.15) is 12.3 Å². The van der Waals surface area contributed by atoms with Crippen molar-refractivity contribution in [2.45, 2.75) is 32.9 Å². The van der Waals surface area contributed by atoms with Crippen molar-refractivity contribution >= 4 is 5.91 Å². The number of aromatic nitrogens is 2. The molecule has 0 atom stereocenters. The van der Waals surface area contributed by atoms with Crippen molar-refractivity contribution in [2.75, 3.05) is 0 Å². The van der Waals surface area contributed by atoms with Gasteiger partial charge >= 0.3 is 0 Å². The zero-order chi connectivity index (χ0) is 14.5. The maximum atomic E-state index is 11.8. The molecule has 0 saturated heterocycles. The lowest BCUT2D eigenvalue weighted by atomic mass is 10.1. The molecule has 20 heavy (non-hydrogen) atoms. The molecule has 106 valence electrons. The number of rotatable bonds is 5. The van der Waals surface area contributed by atoms with Crippen LogP contribution in [0.4, 0.5) is 0 Å². The van der Waals surface area contributed by atoms with Crippen LogP contribution in [0.25, 0.3) is 0 Å². The Bertz CT molecular complexity index is 629. The standard InChI is InChI=1S/C14H17N3O3/c1-10(2)12-6-14(19)17(9-16-12)8-13(18)15-7-11-4-3-5-20-11/h3-6,9-10H,7-8H2,1-2H3,(H,15,18). The van der Waals surface area contributed by atoms with Gasteiger partial charge in [-0.25, -0.2) is 4.98 Å². The van der Waals surface area contributed by atoms with Crippen molar-refractivity contribution in [3.05, 3.63) is 52.6 Å². The molecule has 0 spiro atoms. The van der Waals surface area contributed by atoms with Crippen LogP contribution in [-0.2, 0) is 17.9 Å². The highest BCUT2D eigenvalue weighted by atomic mass is 16.3. The van der Waals surface area contributed by atoms with Crippen LogP contribution in [0.5, 0.6) is 0 Å². The minimum Gasteiger partial charge on any atom is -0.467 e. The fourth-order valence-electron chi connectivity index (χ4n) is 1.68. The zero-order valence-electron chi connectivity index (χ0n) is 11.5. The van der Waals surface area contributed by atoms with Crippen molar-refractivity contribution in [3.8, 4) is 0 Å². The highest BCUT2D eigenvalue weighted by Gasteiger charge is 2.08. The first-order valence-electron chi connectivity index (χ1n) is 6.41. The molecule has 0 radical (unpaired) electrons. The van der Waals surface area contributed by atoms with Gasteiger partial charge in [-0.05, 0) is 18.1 Å². The first kappa shape index (κ1) is 14.0. The minimum absolute atomic E-state index is 0.0507. The van der Waals surface area contributed by atoms with E-state index in [1.54, 1.807) is 18.4 Å². The highest BCUT2D eigenvalue weighted by Crippen LogP contribution is 2.07. The van der Waals surface area contributed by atoms with Gasteiger partial charge in [-0.3, -0.25) is 14.2 Å². The molecule has 2 rings (SSSR count). The molecule has 0 aliphatic rings. The summed E-state index contributed by atoms with van der Waals surface area (Å²) in [6, 6.07) is 4.98. The second kappa shape index (κ2) is 6.18. The molecular weight excluding hydrogens is 258 g/mol. The van der Waals surface area contributed by atoms with Gasteiger partial charge in [-0.15, -0.1) is 0 Å². The summed E-state index contributed by atoms with van der Waals surface area (Å²) in [5.41, 5.74) is 0.499. The van der Waals surface area contributed by atoms with Crippen LogP contribution >= 0.6 is 0 Å². The van der Waals surface area contributed by atoms with Gasteiger partial charge in [0.05, 0.1) is 24.8 Å². The van der Waals surface area contributed by atoms with Gasteiger partial charge in [-0.2, -0.15) is 0 Å². The smallest absolute Gasteiger partial charge is 0.254 e. The number of furan rings is 1. The van der Waals surface area contributed by atoms with E-state index in [0.29, 0.717) is 12.3 Å². The summed E-state index contributed by atoms with van der Waals surface area (Å²) in [7, 11) is 0. The van der Waals surface area contributed by atoms with Crippen LogP contribution in [0.3, 0.4) is 0 Å². The molecule has 6 heteroatoms. The van der Waals surface area contributed by atoms with E-state index in [0.717, 1.165) is 5.69 Å². The Balaban J connectivity index is 1.96. The van der Waals surface area contributed by atoms with Gasteiger partial charge in [0, 0.05) is 6.07 Å². The second-order valence-electron chi connectivity index (χ2n) is 4.79. The maximum absolute atomic E-state index is 11.8. The Hall–Kier alpha value is -2.37. The lowest BCUT2D eigenvalue weighted by molar-refractivity contribution is -0.122. The number of hydrogen-bond acceptors (Lipinski definition) is 4. The number of carbonyl (C=O) groups excluding carboxylic acids is 1. The van der Waals surface area contributed by atoms with E-state index in [1.807, 2.05) is 13.8 Å². The molecule has 0 aliphatic heterocycles. The molecular formula is C14H17N3O3. The van der Waals surface area contributed by atoms with E-state index < -0.39 is 0 Å². The molecule has 0 saturated carbocycles. The third-order valence-corrected chi connectivity index (χ3v) is 2.85. The molecule has 0 aliphatic carbocycles. The normalized spacial score (nSPS) is 10.8. The van der Waals surface area contributed by atoms with Crippen LogP contribution in [0.1, 0.15) is 31.2 Å². The molecule has 0 unspecified atom stereocenters. The summed E-state index contributed by atoms with van der Waals surface area (Å²) in [5.74, 6) is 0.590. The number of hydrogen-bond donors (Lipinski definition) is 1. The molecule has 0 bridgehead atoms. The maximum Gasteiger partial charge on any atom is 0.254 e. The van der Waals surface area contributed by atoms with E-state index in [1.165, 1.54) is 17.0 Å². The summed E-state index contributed by atoms with van der Waals surface area (Å²) < 4.78 is 6.39. The van der Waals surface area contributed by atoms with Crippen molar-refractivity contribution in [3.63, 3.8) is 0 Å². The van der Waals surface area contributed by atoms with E-state index in [4.69, 9.17) is 4.42 Å². The lowest BCUT2D eigenvalue weighted by Gasteiger charge is -2.08. The Kier molecular flexibility index (Phi) is 4.34. The van der Waals surface area contributed by atoms with E-state index in [9.17, 15) is 9.59 Å². The van der Waals surface area contributed by atoms with Crippen molar-refractivity contribution in [1.82, 2.24) is 14.9 Å². The van der Waals surface area contributed by atoms with E-state index in [2.05, 4.69) is 10.3 Å². The Morgan fingerprint density at radius 3 is 2.90 bits per heavy atom. The SMILES string of the molecule is CC(C)c1cc(=O)n(CC(=O)NCc2ccco2)cn1. The summed E-state index contributed by atoms with van der Waals surface area (Å²) in [6.07, 6.45) is 2.95. The molecule has 2 aromatic rings. The van der Waals surface area contributed by atoms with Gasteiger partial charge < -0.3 is 9.73 Å². The monoisotopic (exact) mass is 275 g/mol. The zero-order valence-corrected chi connectivity index (χ0v) is 11.5. The minimum atomic E-state index is -0.261. The number of nitrogens with one attached hydrogen (secondary N) is 1. The summed E-state index contributed by atoms with van der Waals surface area (Å²) in [4.78, 5) is 27.7. The van der Waals surface area contributed by atoms with Crippen molar-refractivity contribution in [2.24, 2.45) is 0 Å². The molecule has 6 nitrogen and oxygen atoms in total. The molecule has 1 N–H and O–H groups in total. The summed E-state index contributed by atoms with van der Waals surface area (Å²) >= 11 is 0. The third kappa shape index (κ3) is 3.57. The van der Waals surface area contributed by atoms with Crippen LogP contribution in [0.15, 0.2) is 40.0 Å². The van der Waals surface area contributed by atoms with Gasteiger partial charge in [-0.1, -0.05) is 13.8 Å². The van der Waals surface area contributed by atoms with E-state index >= 15 is 0 Å². The molecule has 0 aromatic carbocycles. The van der Waals surface area contributed by atoms with Gasteiger partial charge in [0.2, 0.25) is 5.91 Å². The number of nitrogens with zero attached hydrogens (tertiary/aromatic N) is 2. The van der Waals surface area contributed by atoms with E-state index in [-0.39, 0.29) is 23.9 Å². The largest absolute Gasteiger partial charge is 0.467 e. The third-order valence-electron chi connectivity index (χ3n) is 2.85. The fourth-order valence-corrected chi connectivity index (χ4v) is 1.68. The average Bonchev–Trinajstić information content (AvgIpc) is 2.91. The second-order valence-corrected chi connectivity index (χ2v) is 4.79. The topological polar surface area (TPSA) is 77.1 Å². The molecule has 0 fully saturated rings. The Morgan fingerprint density at radius 1 is 1.50 bits per heavy atom. The average molecular weight is 275 g/mol. The first-order valence-corrected chi connectivity index (χ1v) is 6.41. The van der Waals surface area contributed by atoms with Crippen LogP contribution in [-0.4, -0.2) is 15.5 Å². The fraction of sp³-hybridized carbons (Fsp3) is 0.357. The molecule has 2 heterocycles. The van der Waals surface area contributed by atoms with Crippen LogP contribution in [0, 0.1) is 0 Å². The number of carbonyl (C=O) groups is 1. The summed E-state index contributed by atoms with van der Waals surface area (Å²) in [6.45, 7) is 4.17. The number of amides is 1. The first-order chi connectivity index (χ1) is 9.56. The van der Waals surface area contributed by atoms with Gasteiger partial charge in [0.15, 0.2) is 0 Å². The van der Waals surface area contributed by atoms with Crippen molar-refractivity contribution < 1.29 is 9.21 Å². The summed E-state index contributed by atoms with van der Waals surface area (Å²) in [5, 5.41) is 2.68. The predicted molar refractivity (Wildman–Crippen MR) is 73.1 cm³/mol.